The van der Waals surface area contributed by atoms with Crippen LogP contribution in [0.2, 0.25) is 0 Å². The normalized spacial score (nSPS) is 11.0. The standard InChI is InChI=1S/C11H15ClN2O2/c1-11(2,7-12)10(15)14-8-4-5-9(16-3)13-6-8/h4-6H,7H2,1-3H3,(H,14,15). The van der Waals surface area contributed by atoms with Crippen molar-refractivity contribution in [1.29, 1.82) is 0 Å². The number of carbonyl (C=O) groups excluding carboxylic acids is 1. The zero-order valence-electron chi connectivity index (χ0n) is 9.58. The van der Waals surface area contributed by atoms with Gasteiger partial charge < -0.3 is 10.1 Å². The molecule has 4 nitrogen and oxygen atoms in total. The van der Waals surface area contributed by atoms with Gasteiger partial charge in [0.05, 0.1) is 24.4 Å². The lowest BCUT2D eigenvalue weighted by Crippen LogP contribution is -2.32. The molecular formula is C11H15ClN2O2. The summed E-state index contributed by atoms with van der Waals surface area (Å²) in [6.45, 7) is 3.57. The number of hydrogen-bond donors (Lipinski definition) is 1. The maximum absolute atomic E-state index is 11.8. The molecule has 1 aromatic heterocycles. The molecule has 0 unspecified atom stereocenters. The number of alkyl halides is 1. The van der Waals surface area contributed by atoms with Gasteiger partial charge in [0.15, 0.2) is 0 Å². The van der Waals surface area contributed by atoms with Crippen molar-refractivity contribution >= 4 is 23.2 Å². The summed E-state index contributed by atoms with van der Waals surface area (Å²) >= 11 is 5.71. The molecule has 1 aromatic rings. The van der Waals surface area contributed by atoms with Crippen LogP contribution >= 0.6 is 11.6 Å². The van der Waals surface area contributed by atoms with E-state index in [4.69, 9.17) is 16.3 Å². The van der Waals surface area contributed by atoms with Crippen LogP contribution in [0.15, 0.2) is 18.3 Å². The number of halogens is 1. The molecule has 0 bridgehead atoms. The van der Waals surface area contributed by atoms with E-state index in [1.165, 1.54) is 7.11 Å². The Balaban J connectivity index is 2.70. The first-order valence-electron chi connectivity index (χ1n) is 4.87. The lowest BCUT2D eigenvalue weighted by Gasteiger charge is -2.20. The molecule has 1 heterocycles. The number of hydrogen-bond acceptors (Lipinski definition) is 3. The predicted molar refractivity (Wildman–Crippen MR) is 63.9 cm³/mol. The number of rotatable bonds is 4. The monoisotopic (exact) mass is 242 g/mol. The molecule has 0 aliphatic carbocycles. The Morgan fingerprint density at radius 2 is 2.25 bits per heavy atom. The average molecular weight is 243 g/mol. The molecule has 0 saturated carbocycles. The van der Waals surface area contributed by atoms with Crippen LogP contribution in [0, 0.1) is 5.41 Å². The van der Waals surface area contributed by atoms with E-state index in [2.05, 4.69) is 10.3 Å². The fraction of sp³-hybridized carbons (Fsp3) is 0.455. The van der Waals surface area contributed by atoms with Crippen molar-refractivity contribution in [3.05, 3.63) is 18.3 Å². The molecule has 0 saturated heterocycles. The highest BCUT2D eigenvalue weighted by atomic mass is 35.5. The van der Waals surface area contributed by atoms with Gasteiger partial charge in [0.25, 0.3) is 0 Å². The Morgan fingerprint density at radius 3 is 2.69 bits per heavy atom. The Kier molecular flexibility index (Phi) is 4.12. The van der Waals surface area contributed by atoms with E-state index in [0.717, 1.165) is 0 Å². The number of amides is 1. The highest BCUT2D eigenvalue weighted by molar-refractivity contribution is 6.20. The Hall–Kier alpha value is -1.29. The lowest BCUT2D eigenvalue weighted by molar-refractivity contribution is -0.122. The van der Waals surface area contributed by atoms with Gasteiger partial charge in [0.1, 0.15) is 0 Å². The van der Waals surface area contributed by atoms with Crippen molar-refractivity contribution in [2.75, 3.05) is 18.3 Å². The summed E-state index contributed by atoms with van der Waals surface area (Å²) in [5.74, 6) is 0.645. The zero-order chi connectivity index (χ0) is 12.2. The first-order chi connectivity index (χ1) is 7.49. The molecule has 0 aliphatic rings. The molecule has 0 spiro atoms. The molecule has 1 rings (SSSR count). The largest absolute Gasteiger partial charge is 0.481 e. The number of ether oxygens (including phenoxy) is 1. The molecule has 0 fully saturated rings. The van der Waals surface area contributed by atoms with Gasteiger partial charge in [-0.1, -0.05) is 0 Å². The summed E-state index contributed by atoms with van der Waals surface area (Å²) < 4.78 is 4.92. The molecule has 0 radical (unpaired) electrons. The Morgan fingerprint density at radius 1 is 1.56 bits per heavy atom. The third kappa shape index (κ3) is 3.10. The molecule has 1 amide bonds. The second kappa shape index (κ2) is 5.16. The number of nitrogens with one attached hydrogen (secondary N) is 1. The van der Waals surface area contributed by atoms with E-state index in [-0.39, 0.29) is 11.8 Å². The van der Waals surface area contributed by atoms with Crippen LogP contribution in [0.1, 0.15) is 13.8 Å². The summed E-state index contributed by atoms with van der Waals surface area (Å²) in [5, 5.41) is 2.74. The minimum atomic E-state index is -0.596. The maximum Gasteiger partial charge on any atom is 0.231 e. The summed E-state index contributed by atoms with van der Waals surface area (Å²) in [6, 6.07) is 3.41. The number of pyridine rings is 1. The van der Waals surface area contributed by atoms with Gasteiger partial charge in [-0.15, -0.1) is 11.6 Å². The lowest BCUT2D eigenvalue weighted by atomic mass is 9.95. The second-order valence-corrected chi connectivity index (χ2v) is 4.33. The van der Waals surface area contributed by atoms with Crippen LogP contribution in [0.3, 0.4) is 0 Å². The molecule has 16 heavy (non-hydrogen) atoms. The molecule has 0 aliphatic heterocycles. The van der Waals surface area contributed by atoms with E-state index < -0.39 is 5.41 Å². The molecule has 1 N–H and O–H groups in total. The van der Waals surface area contributed by atoms with Crippen LogP contribution in [0.4, 0.5) is 5.69 Å². The van der Waals surface area contributed by atoms with Crippen molar-refractivity contribution in [3.63, 3.8) is 0 Å². The van der Waals surface area contributed by atoms with Crippen LogP contribution < -0.4 is 10.1 Å². The number of methoxy groups -OCH3 is 1. The first-order valence-corrected chi connectivity index (χ1v) is 5.40. The van der Waals surface area contributed by atoms with Crippen LogP contribution in [0.5, 0.6) is 5.88 Å². The highest BCUT2D eigenvalue weighted by Crippen LogP contribution is 2.20. The van der Waals surface area contributed by atoms with Gasteiger partial charge in [-0.3, -0.25) is 4.79 Å². The molecule has 88 valence electrons. The molecule has 0 atom stereocenters. The van der Waals surface area contributed by atoms with Crippen LogP contribution in [-0.4, -0.2) is 23.9 Å². The molecular weight excluding hydrogens is 228 g/mol. The zero-order valence-corrected chi connectivity index (χ0v) is 10.3. The van der Waals surface area contributed by atoms with Crippen molar-refractivity contribution in [1.82, 2.24) is 4.98 Å². The predicted octanol–water partition coefficient (Wildman–Crippen LogP) is 2.29. The quantitative estimate of drug-likeness (QED) is 0.825. The smallest absolute Gasteiger partial charge is 0.231 e. The first kappa shape index (κ1) is 12.8. The summed E-state index contributed by atoms with van der Waals surface area (Å²) in [6.07, 6.45) is 1.54. The number of aromatic nitrogens is 1. The summed E-state index contributed by atoms with van der Waals surface area (Å²) in [7, 11) is 1.54. The summed E-state index contributed by atoms with van der Waals surface area (Å²) in [4.78, 5) is 15.8. The van der Waals surface area contributed by atoms with Gasteiger partial charge >= 0.3 is 0 Å². The van der Waals surface area contributed by atoms with Crippen molar-refractivity contribution in [3.8, 4) is 5.88 Å². The van der Waals surface area contributed by atoms with Crippen molar-refractivity contribution in [2.24, 2.45) is 5.41 Å². The number of nitrogens with zero attached hydrogens (tertiary/aromatic N) is 1. The second-order valence-electron chi connectivity index (χ2n) is 4.06. The van der Waals surface area contributed by atoms with Crippen LogP contribution in [0.25, 0.3) is 0 Å². The fourth-order valence-corrected chi connectivity index (χ4v) is 1.06. The highest BCUT2D eigenvalue weighted by Gasteiger charge is 2.26. The Bertz CT molecular complexity index is 363. The van der Waals surface area contributed by atoms with E-state index in [0.29, 0.717) is 11.6 Å². The SMILES string of the molecule is COc1ccc(NC(=O)C(C)(C)CCl)cn1. The number of carbonyl (C=O) groups is 1. The van der Waals surface area contributed by atoms with Crippen molar-refractivity contribution < 1.29 is 9.53 Å². The van der Waals surface area contributed by atoms with Gasteiger partial charge in [0, 0.05) is 11.9 Å². The third-order valence-corrected chi connectivity index (χ3v) is 2.82. The molecule has 5 heteroatoms. The number of anilines is 1. The van der Waals surface area contributed by atoms with Gasteiger partial charge in [-0.05, 0) is 19.9 Å². The maximum atomic E-state index is 11.8. The van der Waals surface area contributed by atoms with Gasteiger partial charge in [-0.25, -0.2) is 4.98 Å². The van der Waals surface area contributed by atoms with E-state index in [1.807, 2.05) is 0 Å². The topological polar surface area (TPSA) is 51.2 Å². The van der Waals surface area contributed by atoms with Crippen molar-refractivity contribution in [2.45, 2.75) is 13.8 Å². The van der Waals surface area contributed by atoms with Crippen LogP contribution in [-0.2, 0) is 4.79 Å². The average Bonchev–Trinajstić information content (AvgIpc) is 2.30. The van der Waals surface area contributed by atoms with E-state index >= 15 is 0 Å². The van der Waals surface area contributed by atoms with E-state index in [9.17, 15) is 4.79 Å². The van der Waals surface area contributed by atoms with Gasteiger partial charge in [-0.2, -0.15) is 0 Å². The third-order valence-electron chi connectivity index (χ3n) is 2.15. The van der Waals surface area contributed by atoms with E-state index in [1.54, 1.807) is 32.2 Å². The Labute approximate surface area is 100.0 Å². The molecule has 0 aromatic carbocycles. The minimum Gasteiger partial charge on any atom is -0.481 e. The fourth-order valence-electron chi connectivity index (χ4n) is 0.936. The summed E-state index contributed by atoms with van der Waals surface area (Å²) in [5.41, 5.74) is 0.0329. The minimum absolute atomic E-state index is 0.130. The van der Waals surface area contributed by atoms with Gasteiger partial charge in [0.2, 0.25) is 11.8 Å².